The molecule has 1 aliphatic rings. The van der Waals surface area contributed by atoms with Gasteiger partial charge >= 0.3 is 6.61 Å². The molecule has 0 unspecified atom stereocenters. The molecule has 0 aliphatic carbocycles. The molecule has 1 aromatic heterocycles. The molecule has 0 spiro atoms. The Bertz CT molecular complexity index is 395. The van der Waals surface area contributed by atoms with Crippen LogP contribution in [0.1, 0.15) is 19.5 Å². The summed E-state index contributed by atoms with van der Waals surface area (Å²) in [5, 5.41) is 3.15. The lowest BCUT2D eigenvalue weighted by Gasteiger charge is -2.41. The molecule has 1 aromatic rings. The summed E-state index contributed by atoms with van der Waals surface area (Å²) in [6, 6.07) is 3.87. The molecule has 0 bridgehead atoms. The summed E-state index contributed by atoms with van der Waals surface area (Å²) in [6.07, 6.45) is 0. The zero-order chi connectivity index (χ0) is 14.4. The molecule has 108 valence electrons. The van der Waals surface area contributed by atoms with E-state index in [1.807, 2.05) is 27.0 Å². The number of nitrogens with zero attached hydrogens (tertiary/aromatic N) is 2. The van der Waals surface area contributed by atoms with E-state index in [1.165, 1.54) is 0 Å². The highest BCUT2D eigenvalue weighted by Crippen LogP contribution is 2.25. The Morgan fingerprint density at radius 1 is 1.37 bits per heavy atom. The van der Waals surface area contributed by atoms with Gasteiger partial charge in [-0.3, -0.25) is 0 Å². The number of likely N-dealkylation sites (N-methyl/N-ethyl adjacent to an activating group) is 1. The Labute approximate surface area is 112 Å². The Morgan fingerprint density at radius 2 is 2.00 bits per heavy atom. The molecule has 1 aliphatic heterocycles. The molecule has 1 fully saturated rings. The van der Waals surface area contributed by atoms with Crippen molar-refractivity contribution in [3.05, 3.63) is 17.8 Å². The number of ether oxygens (including phenoxy) is 1. The van der Waals surface area contributed by atoms with Crippen molar-refractivity contribution < 1.29 is 13.5 Å². The third kappa shape index (κ3) is 4.31. The van der Waals surface area contributed by atoms with Crippen LogP contribution in [0.25, 0.3) is 0 Å². The summed E-state index contributed by atoms with van der Waals surface area (Å²) in [6.45, 7) is 4.66. The second-order valence-corrected chi connectivity index (χ2v) is 4.07. The van der Waals surface area contributed by atoms with Crippen LogP contribution in [-0.2, 0) is 0 Å². The van der Waals surface area contributed by atoms with E-state index >= 15 is 0 Å². The molecule has 0 aromatic carbocycles. The average Bonchev–Trinajstić information content (AvgIpc) is 2.28. The van der Waals surface area contributed by atoms with Crippen molar-refractivity contribution >= 4 is 5.69 Å². The quantitative estimate of drug-likeness (QED) is 0.914. The smallest absolute Gasteiger partial charge is 0.388 e. The van der Waals surface area contributed by atoms with Gasteiger partial charge in [-0.1, -0.05) is 13.8 Å². The predicted molar refractivity (Wildman–Crippen MR) is 72.0 cm³/mol. The van der Waals surface area contributed by atoms with E-state index in [0.717, 1.165) is 18.8 Å². The van der Waals surface area contributed by atoms with Crippen LogP contribution in [-0.4, -0.2) is 37.8 Å². The first kappa shape index (κ1) is 15.6. The summed E-state index contributed by atoms with van der Waals surface area (Å²) in [4.78, 5) is 6.00. The third-order valence-electron chi connectivity index (χ3n) is 2.78. The number of alkyl halides is 2. The molecular formula is C13H21F2N3O. The van der Waals surface area contributed by atoms with E-state index in [2.05, 4.69) is 19.9 Å². The van der Waals surface area contributed by atoms with Gasteiger partial charge in [0.15, 0.2) is 0 Å². The van der Waals surface area contributed by atoms with Crippen LogP contribution in [0.5, 0.6) is 5.88 Å². The monoisotopic (exact) mass is 273 g/mol. The molecule has 4 nitrogen and oxygen atoms in total. The minimum Gasteiger partial charge on any atom is -0.417 e. The zero-order valence-corrected chi connectivity index (χ0v) is 11.8. The SMILES string of the molecule is CC.CNC1CN(c2cc(C)nc(OC(F)F)c2)C1. The molecule has 1 saturated heterocycles. The first-order valence-corrected chi connectivity index (χ1v) is 6.44. The van der Waals surface area contributed by atoms with E-state index in [4.69, 9.17) is 0 Å². The van der Waals surface area contributed by atoms with Crippen LogP contribution < -0.4 is 15.0 Å². The Kier molecular flexibility index (Phi) is 5.95. The number of anilines is 1. The summed E-state index contributed by atoms with van der Waals surface area (Å²) >= 11 is 0. The van der Waals surface area contributed by atoms with Gasteiger partial charge in [-0.25, -0.2) is 4.98 Å². The number of aromatic nitrogens is 1. The van der Waals surface area contributed by atoms with Gasteiger partial charge < -0.3 is 15.0 Å². The van der Waals surface area contributed by atoms with Gasteiger partial charge in [-0.05, 0) is 20.0 Å². The van der Waals surface area contributed by atoms with Crippen molar-refractivity contribution in [1.82, 2.24) is 10.3 Å². The lowest BCUT2D eigenvalue weighted by Crippen LogP contribution is -2.57. The zero-order valence-electron chi connectivity index (χ0n) is 11.8. The van der Waals surface area contributed by atoms with Crippen LogP contribution in [0.3, 0.4) is 0 Å². The van der Waals surface area contributed by atoms with Gasteiger partial charge in [0.1, 0.15) is 0 Å². The van der Waals surface area contributed by atoms with E-state index in [0.29, 0.717) is 11.7 Å². The van der Waals surface area contributed by atoms with Gasteiger partial charge in [0.05, 0.1) is 0 Å². The van der Waals surface area contributed by atoms with Gasteiger partial charge in [-0.2, -0.15) is 8.78 Å². The molecule has 0 saturated carbocycles. The lowest BCUT2D eigenvalue weighted by atomic mass is 10.1. The number of halogens is 2. The number of rotatable bonds is 4. The largest absolute Gasteiger partial charge is 0.417 e. The maximum atomic E-state index is 12.1. The van der Waals surface area contributed by atoms with Crippen LogP contribution in [0, 0.1) is 6.92 Å². The number of nitrogens with one attached hydrogen (secondary N) is 1. The van der Waals surface area contributed by atoms with Crippen molar-refractivity contribution in [1.29, 1.82) is 0 Å². The summed E-state index contributed by atoms with van der Waals surface area (Å²) in [5.41, 5.74) is 1.55. The molecule has 0 amide bonds. The number of hydrogen-bond acceptors (Lipinski definition) is 4. The minimum absolute atomic E-state index is 0.0251. The summed E-state index contributed by atoms with van der Waals surface area (Å²) < 4.78 is 28.5. The van der Waals surface area contributed by atoms with Crippen molar-refractivity contribution in [2.24, 2.45) is 0 Å². The Balaban J connectivity index is 0.000000861. The number of hydrogen-bond donors (Lipinski definition) is 1. The molecule has 1 N–H and O–H groups in total. The molecule has 6 heteroatoms. The maximum absolute atomic E-state index is 12.1. The van der Waals surface area contributed by atoms with Gasteiger partial charge in [0, 0.05) is 36.6 Å². The number of pyridine rings is 1. The van der Waals surface area contributed by atoms with Crippen molar-refractivity contribution in [2.75, 3.05) is 25.0 Å². The van der Waals surface area contributed by atoms with Crippen molar-refractivity contribution in [3.63, 3.8) is 0 Å². The fourth-order valence-electron chi connectivity index (χ4n) is 1.83. The first-order chi connectivity index (χ1) is 9.08. The molecular weight excluding hydrogens is 252 g/mol. The van der Waals surface area contributed by atoms with Crippen LogP contribution in [0.2, 0.25) is 0 Å². The first-order valence-electron chi connectivity index (χ1n) is 6.44. The third-order valence-corrected chi connectivity index (χ3v) is 2.78. The molecule has 2 rings (SSSR count). The Morgan fingerprint density at radius 3 is 2.53 bits per heavy atom. The second kappa shape index (κ2) is 7.23. The average molecular weight is 273 g/mol. The maximum Gasteiger partial charge on any atom is 0.388 e. The van der Waals surface area contributed by atoms with Gasteiger partial charge in [0.25, 0.3) is 0 Å². The van der Waals surface area contributed by atoms with Gasteiger partial charge in [-0.15, -0.1) is 0 Å². The summed E-state index contributed by atoms with van der Waals surface area (Å²) in [5.74, 6) is -0.0251. The lowest BCUT2D eigenvalue weighted by molar-refractivity contribution is -0.0528. The Hall–Kier alpha value is -1.43. The topological polar surface area (TPSA) is 37.4 Å². The summed E-state index contributed by atoms with van der Waals surface area (Å²) in [7, 11) is 1.91. The van der Waals surface area contributed by atoms with Crippen LogP contribution in [0.4, 0.5) is 14.5 Å². The molecule has 19 heavy (non-hydrogen) atoms. The standard InChI is InChI=1S/C11H15F2N3O.C2H6/c1-7-3-9(16-5-8(6-16)14-2)4-10(15-7)17-11(12)13;1-2/h3-4,8,11,14H,5-6H2,1-2H3;1-2H3. The highest BCUT2D eigenvalue weighted by atomic mass is 19.3. The number of aryl methyl sites for hydroxylation is 1. The van der Waals surface area contributed by atoms with Crippen molar-refractivity contribution in [2.45, 2.75) is 33.4 Å². The highest BCUT2D eigenvalue weighted by Gasteiger charge is 2.26. The van der Waals surface area contributed by atoms with E-state index in [-0.39, 0.29) is 5.88 Å². The molecule has 0 radical (unpaired) electrons. The minimum atomic E-state index is -2.83. The van der Waals surface area contributed by atoms with Crippen LogP contribution in [0.15, 0.2) is 12.1 Å². The van der Waals surface area contributed by atoms with E-state index in [1.54, 1.807) is 13.0 Å². The van der Waals surface area contributed by atoms with Gasteiger partial charge in [0.2, 0.25) is 5.88 Å². The second-order valence-electron chi connectivity index (χ2n) is 4.07. The highest BCUT2D eigenvalue weighted by molar-refractivity contribution is 5.52. The fourth-order valence-corrected chi connectivity index (χ4v) is 1.83. The van der Waals surface area contributed by atoms with E-state index in [9.17, 15) is 8.78 Å². The fraction of sp³-hybridized carbons (Fsp3) is 0.615. The van der Waals surface area contributed by atoms with E-state index < -0.39 is 6.61 Å². The molecule has 0 atom stereocenters. The van der Waals surface area contributed by atoms with Crippen LogP contribution >= 0.6 is 0 Å². The molecule has 2 heterocycles. The normalized spacial score (nSPS) is 14.8. The predicted octanol–water partition coefficient (Wildman–Crippen LogP) is 2.43. The van der Waals surface area contributed by atoms with Crippen molar-refractivity contribution in [3.8, 4) is 5.88 Å².